The highest BCUT2D eigenvalue weighted by molar-refractivity contribution is 6.06. The fourth-order valence-corrected chi connectivity index (χ4v) is 2.46. The zero-order valence-corrected chi connectivity index (χ0v) is 13.0. The summed E-state index contributed by atoms with van der Waals surface area (Å²) in [5.41, 5.74) is 0.320. The van der Waals surface area contributed by atoms with Crippen LogP contribution in [0.1, 0.15) is 42.8 Å². The third-order valence-corrected chi connectivity index (χ3v) is 3.44. The van der Waals surface area contributed by atoms with E-state index in [4.69, 9.17) is 4.42 Å². The van der Waals surface area contributed by atoms with Gasteiger partial charge < -0.3 is 13.9 Å². The van der Waals surface area contributed by atoms with E-state index in [1.807, 2.05) is 13.8 Å². The Morgan fingerprint density at radius 2 is 1.95 bits per heavy atom. The molecule has 0 aromatic carbocycles. The fourth-order valence-electron chi connectivity index (χ4n) is 2.46. The molecule has 0 saturated heterocycles. The lowest BCUT2D eigenvalue weighted by Gasteiger charge is -2.21. The van der Waals surface area contributed by atoms with Gasteiger partial charge in [0, 0.05) is 20.1 Å². The minimum Gasteiger partial charge on any atom is -0.442 e. The molecule has 0 fully saturated rings. The number of aryl methyl sites for hydroxylation is 2. The molecule has 6 heteroatoms. The third-order valence-electron chi connectivity index (χ3n) is 3.44. The zero-order chi connectivity index (χ0) is 15.6. The largest absolute Gasteiger partial charge is 0.442 e. The van der Waals surface area contributed by atoms with Crippen molar-refractivity contribution >= 4 is 17.0 Å². The Morgan fingerprint density at radius 1 is 1.33 bits per heavy atom. The number of aromatic nitrogens is 2. The molecule has 2 heterocycles. The molecule has 2 aromatic heterocycles. The molecule has 114 valence electrons. The van der Waals surface area contributed by atoms with Crippen LogP contribution in [0.25, 0.3) is 11.1 Å². The second-order valence-corrected chi connectivity index (χ2v) is 5.17. The predicted octanol–water partition coefficient (Wildman–Crippen LogP) is 2.10. The first-order chi connectivity index (χ1) is 10.0. The Morgan fingerprint density at radius 3 is 2.52 bits per heavy atom. The number of hydrogen-bond acceptors (Lipinski definition) is 4. The second kappa shape index (κ2) is 6.11. The van der Waals surface area contributed by atoms with Crippen molar-refractivity contribution in [3.8, 4) is 0 Å². The summed E-state index contributed by atoms with van der Waals surface area (Å²) in [7, 11) is 1.61. The molecular weight excluding hydrogens is 270 g/mol. The Hall–Kier alpha value is -2.11. The molecule has 21 heavy (non-hydrogen) atoms. The summed E-state index contributed by atoms with van der Waals surface area (Å²) in [6, 6.07) is 0. The topological polar surface area (TPSA) is 68.3 Å². The third kappa shape index (κ3) is 2.70. The zero-order valence-electron chi connectivity index (χ0n) is 13.0. The Balaban J connectivity index is 2.59. The van der Waals surface area contributed by atoms with E-state index in [1.165, 1.54) is 10.9 Å². The number of hydrogen-bond donors (Lipinski definition) is 0. The molecule has 0 unspecified atom stereocenters. The van der Waals surface area contributed by atoms with Crippen LogP contribution in [0.3, 0.4) is 0 Å². The van der Waals surface area contributed by atoms with Gasteiger partial charge in [0.1, 0.15) is 17.5 Å². The van der Waals surface area contributed by atoms with Gasteiger partial charge in [-0.2, -0.15) is 0 Å². The van der Waals surface area contributed by atoms with Gasteiger partial charge in [-0.15, -0.1) is 0 Å². The van der Waals surface area contributed by atoms with Gasteiger partial charge in [0.2, 0.25) is 5.71 Å². The van der Waals surface area contributed by atoms with Crippen LogP contribution in [0.5, 0.6) is 0 Å². The molecule has 0 saturated carbocycles. The fraction of sp³-hybridized carbons (Fsp3) is 0.533. The van der Waals surface area contributed by atoms with Crippen LogP contribution in [0.4, 0.5) is 0 Å². The SMILES string of the molecule is CCCN(CCC)C(=O)c1c(C)oc2ncn(C)c(=O)c12. The van der Waals surface area contributed by atoms with Crippen molar-refractivity contribution in [3.05, 3.63) is 28.0 Å². The number of rotatable bonds is 5. The normalized spacial score (nSPS) is 11.0. The first kappa shape index (κ1) is 15.3. The van der Waals surface area contributed by atoms with Crippen LogP contribution >= 0.6 is 0 Å². The average molecular weight is 291 g/mol. The van der Waals surface area contributed by atoms with E-state index in [1.54, 1.807) is 18.9 Å². The van der Waals surface area contributed by atoms with Crippen LogP contribution in [0.15, 0.2) is 15.5 Å². The van der Waals surface area contributed by atoms with E-state index < -0.39 is 0 Å². The predicted molar refractivity (Wildman–Crippen MR) is 80.5 cm³/mol. The first-order valence-corrected chi connectivity index (χ1v) is 7.25. The summed E-state index contributed by atoms with van der Waals surface area (Å²) < 4.78 is 6.85. The van der Waals surface area contributed by atoms with Gasteiger partial charge in [-0.3, -0.25) is 9.59 Å². The number of carbonyl (C=O) groups excluding carboxylic acids is 1. The molecule has 2 rings (SSSR count). The van der Waals surface area contributed by atoms with E-state index in [0.717, 1.165) is 12.8 Å². The van der Waals surface area contributed by atoms with E-state index in [0.29, 0.717) is 24.4 Å². The Kier molecular flexibility index (Phi) is 4.45. The number of fused-ring (bicyclic) bond motifs is 1. The smallest absolute Gasteiger partial charge is 0.265 e. The van der Waals surface area contributed by atoms with E-state index in [9.17, 15) is 9.59 Å². The van der Waals surface area contributed by atoms with Gasteiger partial charge in [0.05, 0.1) is 5.56 Å². The Bertz CT molecular complexity index is 709. The van der Waals surface area contributed by atoms with Crippen LogP contribution in [0, 0.1) is 6.92 Å². The highest BCUT2D eigenvalue weighted by Gasteiger charge is 2.25. The molecule has 0 aliphatic rings. The van der Waals surface area contributed by atoms with E-state index in [-0.39, 0.29) is 22.6 Å². The van der Waals surface area contributed by atoms with Gasteiger partial charge in [0.15, 0.2) is 0 Å². The highest BCUT2D eigenvalue weighted by atomic mass is 16.3. The minimum absolute atomic E-state index is 0.153. The number of nitrogens with zero attached hydrogens (tertiary/aromatic N) is 3. The molecule has 2 aromatic rings. The van der Waals surface area contributed by atoms with Gasteiger partial charge in [-0.1, -0.05) is 13.8 Å². The molecular formula is C15H21N3O3. The second-order valence-electron chi connectivity index (χ2n) is 5.17. The van der Waals surface area contributed by atoms with E-state index in [2.05, 4.69) is 4.98 Å². The van der Waals surface area contributed by atoms with Gasteiger partial charge in [-0.05, 0) is 19.8 Å². The summed E-state index contributed by atoms with van der Waals surface area (Å²) in [6.45, 7) is 7.08. The standard InChI is InChI=1S/C15H21N3O3/c1-5-7-18(8-6-2)15(20)11-10(3)21-13-12(11)14(19)17(4)9-16-13/h9H,5-8H2,1-4H3. The highest BCUT2D eigenvalue weighted by Crippen LogP contribution is 2.22. The van der Waals surface area contributed by atoms with Gasteiger partial charge in [-0.25, -0.2) is 4.98 Å². The van der Waals surface area contributed by atoms with Gasteiger partial charge >= 0.3 is 0 Å². The first-order valence-electron chi connectivity index (χ1n) is 7.25. The summed E-state index contributed by atoms with van der Waals surface area (Å²) in [5, 5.41) is 0.278. The quantitative estimate of drug-likeness (QED) is 0.846. The Labute approximate surface area is 123 Å². The number of furan rings is 1. The van der Waals surface area contributed by atoms with E-state index >= 15 is 0 Å². The van der Waals surface area contributed by atoms with Crippen LogP contribution in [0.2, 0.25) is 0 Å². The van der Waals surface area contributed by atoms with Gasteiger partial charge in [0.25, 0.3) is 11.5 Å². The maximum absolute atomic E-state index is 12.8. The summed E-state index contributed by atoms with van der Waals surface area (Å²) in [4.78, 5) is 30.9. The average Bonchev–Trinajstić information content (AvgIpc) is 2.79. The molecule has 0 aliphatic carbocycles. The lowest BCUT2D eigenvalue weighted by Crippen LogP contribution is -2.33. The monoisotopic (exact) mass is 291 g/mol. The van der Waals surface area contributed by atoms with Crippen molar-refractivity contribution in [1.82, 2.24) is 14.5 Å². The van der Waals surface area contributed by atoms with Crippen molar-refractivity contribution in [2.24, 2.45) is 7.05 Å². The lowest BCUT2D eigenvalue weighted by molar-refractivity contribution is 0.0755. The minimum atomic E-state index is -0.256. The molecule has 0 bridgehead atoms. The molecule has 1 amide bonds. The van der Waals surface area contributed by atoms with Crippen LogP contribution in [-0.2, 0) is 7.05 Å². The summed E-state index contributed by atoms with van der Waals surface area (Å²) in [6.07, 6.45) is 3.14. The molecule has 0 radical (unpaired) electrons. The molecule has 6 nitrogen and oxygen atoms in total. The molecule has 0 aliphatic heterocycles. The maximum Gasteiger partial charge on any atom is 0.265 e. The van der Waals surface area contributed by atoms with Crippen LogP contribution in [-0.4, -0.2) is 33.4 Å². The van der Waals surface area contributed by atoms with Crippen LogP contribution < -0.4 is 5.56 Å². The number of amides is 1. The lowest BCUT2D eigenvalue weighted by atomic mass is 10.1. The van der Waals surface area contributed by atoms with Crippen molar-refractivity contribution in [3.63, 3.8) is 0 Å². The molecule has 0 N–H and O–H groups in total. The molecule has 0 spiro atoms. The summed E-state index contributed by atoms with van der Waals surface area (Å²) in [5.74, 6) is 0.294. The van der Waals surface area contributed by atoms with Crippen molar-refractivity contribution in [1.29, 1.82) is 0 Å². The van der Waals surface area contributed by atoms with Crippen molar-refractivity contribution < 1.29 is 9.21 Å². The van der Waals surface area contributed by atoms with Crippen molar-refractivity contribution in [2.75, 3.05) is 13.1 Å². The number of carbonyl (C=O) groups is 1. The van der Waals surface area contributed by atoms with Crippen molar-refractivity contribution in [2.45, 2.75) is 33.6 Å². The summed E-state index contributed by atoms with van der Waals surface area (Å²) >= 11 is 0. The maximum atomic E-state index is 12.8. The molecule has 0 atom stereocenters.